The van der Waals surface area contributed by atoms with E-state index in [1.165, 1.54) is 0 Å². The van der Waals surface area contributed by atoms with Gasteiger partial charge in [0.05, 0.1) is 0 Å². The van der Waals surface area contributed by atoms with Gasteiger partial charge in [-0.2, -0.15) is 0 Å². The van der Waals surface area contributed by atoms with Crippen molar-refractivity contribution in [3.63, 3.8) is 0 Å². The van der Waals surface area contributed by atoms with Crippen molar-refractivity contribution in [3.8, 4) is 11.3 Å². The van der Waals surface area contributed by atoms with Crippen LogP contribution in [0.5, 0.6) is 0 Å². The van der Waals surface area contributed by atoms with Gasteiger partial charge in [0.15, 0.2) is 12.0 Å². The van der Waals surface area contributed by atoms with Crippen molar-refractivity contribution in [2.24, 2.45) is 0 Å². The smallest absolute Gasteiger partial charge is 0.185 e. The largest absolute Gasteiger partial charge is 0.453 e. The number of hydrogen-bond donors (Lipinski definition) is 1. The fourth-order valence-electron chi connectivity index (χ4n) is 2.36. The molecule has 3 aromatic rings. The zero-order valence-corrected chi connectivity index (χ0v) is 12.3. The number of carbonyl (C=O) groups excluding carboxylic acids is 1. The first-order valence-corrected chi connectivity index (χ1v) is 7.14. The van der Waals surface area contributed by atoms with Gasteiger partial charge in [0, 0.05) is 10.6 Å². The molecule has 3 rings (SSSR count). The highest BCUT2D eigenvalue weighted by Gasteiger charge is 2.18. The molecule has 3 nitrogen and oxygen atoms in total. The van der Waals surface area contributed by atoms with Gasteiger partial charge in [0.25, 0.3) is 0 Å². The van der Waals surface area contributed by atoms with Crippen molar-refractivity contribution in [3.05, 3.63) is 82.6 Å². The molecular weight excluding hydrogens is 300 g/mol. The monoisotopic (exact) mass is 312 g/mol. The quantitative estimate of drug-likeness (QED) is 0.722. The van der Waals surface area contributed by atoms with Crippen LogP contribution in [0.25, 0.3) is 11.3 Å². The van der Waals surface area contributed by atoms with Crippen molar-refractivity contribution >= 4 is 17.9 Å². The zero-order chi connectivity index (χ0) is 15.5. The van der Waals surface area contributed by atoms with Crippen LogP contribution >= 0.6 is 11.6 Å². The molecule has 0 aliphatic carbocycles. The Morgan fingerprint density at radius 2 is 1.82 bits per heavy atom. The van der Waals surface area contributed by atoms with Crippen molar-refractivity contribution in [2.45, 2.75) is 6.10 Å². The van der Waals surface area contributed by atoms with E-state index in [4.69, 9.17) is 16.0 Å². The summed E-state index contributed by atoms with van der Waals surface area (Å²) >= 11 is 6.07. The van der Waals surface area contributed by atoms with Crippen LogP contribution in [0.2, 0.25) is 5.02 Å². The van der Waals surface area contributed by atoms with E-state index in [0.29, 0.717) is 28.2 Å². The third-order valence-corrected chi connectivity index (χ3v) is 3.67. The Morgan fingerprint density at radius 3 is 2.50 bits per heavy atom. The minimum atomic E-state index is -0.807. The van der Waals surface area contributed by atoms with Crippen LogP contribution in [0.1, 0.15) is 27.8 Å². The Balaban J connectivity index is 2.10. The molecule has 1 heterocycles. The molecule has 1 atom stereocenters. The summed E-state index contributed by atoms with van der Waals surface area (Å²) in [4.78, 5) is 10.8. The first-order valence-electron chi connectivity index (χ1n) is 6.77. The highest BCUT2D eigenvalue weighted by Crippen LogP contribution is 2.34. The second kappa shape index (κ2) is 6.18. The molecule has 0 aliphatic heterocycles. The first kappa shape index (κ1) is 14.6. The lowest BCUT2D eigenvalue weighted by molar-refractivity contribution is 0.110. The van der Waals surface area contributed by atoms with Gasteiger partial charge in [0.1, 0.15) is 11.9 Å². The third kappa shape index (κ3) is 2.82. The topological polar surface area (TPSA) is 50.4 Å². The van der Waals surface area contributed by atoms with Crippen molar-refractivity contribution in [2.75, 3.05) is 0 Å². The fourth-order valence-corrected chi connectivity index (χ4v) is 2.53. The zero-order valence-electron chi connectivity index (χ0n) is 11.6. The van der Waals surface area contributed by atoms with E-state index in [2.05, 4.69) is 0 Å². The molecule has 0 spiro atoms. The van der Waals surface area contributed by atoms with Gasteiger partial charge in [-0.05, 0) is 35.4 Å². The molecule has 0 amide bonds. The Morgan fingerprint density at radius 1 is 1.05 bits per heavy atom. The number of rotatable bonds is 4. The molecule has 0 bridgehead atoms. The lowest BCUT2D eigenvalue weighted by Crippen LogP contribution is -2.01. The average Bonchev–Trinajstić information content (AvgIpc) is 3.04. The molecule has 0 radical (unpaired) electrons. The van der Waals surface area contributed by atoms with E-state index in [1.807, 2.05) is 30.3 Å². The Labute approximate surface area is 132 Å². The maximum Gasteiger partial charge on any atom is 0.185 e. The average molecular weight is 313 g/mol. The van der Waals surface area contributed by atoms with Gasteiger partial charge in [0.2, 0.25) is 0 Å². The fraction of sp³-hybridized carbons (Fsp3) is 0.0556. The molecule has 0 fully saturated rings. The maximum atomic E-state index is 10.8. The highest BCUT2D eigenvalue weighted by atomic mass is 35.5. The van der Waals surface area contributed by atoms with Gasteiger partial charge in [-0.15, -0.1) is 0 Å². The van der Waals surface area contributed by atoms with Gasteiger partial charge in [-0.3, -0.25) is 4.79 Å². The first-order chi connectivity index (χ1) is 10.7. The minimum Gasteiger partial charge on any atom is -0.453 e. The number of aliphatic hydroxyl groups is 1. The number of furan rings is 1. The summed E-state index contributed by atoms with van der Waals surface area (Å²) < 4.78 is 5.46. The van der Waals surface area contributed by atoms with Crippen LogP contribution in [-0.4, -0.2) is 11.4 Å². The molecule has 22 heavy (non-hydrogen) atoms. The number of benzene rings is 2. The number of halogens is 1. The summed E-state index contributed by atoms with van der Waals surface area (Å²) in [6.45, 7) is 0. The molecule has 2 aromatic carbocycles. The number of carbonyl (C=O) groups is 1. The van der Waals surface area contributed by atoms with E-state index in [1.54, 1.807) is 30.3 Å². The standard InChI is InChI=1S/C18H13ClO3/c19-13-6-8-15(18(21)12-4-2-1-3-5-12)16(10-13)17-9-7-14(11-20)22-17/h1-11,18,21H. The van der Waals surface area contributed by atoms with Crippen LogP contribution < -0.4 is 0 Å². The van der Waals surface area contributed by atoms with Gasteiger partial charge < -0.3 is 9.52 Å². The molecule has 1 unspecified atom stereocenters. The third-order valence-electron chi connectivity index (χ3n) is 3.43. The summed E-state index contributed by atoms with van der Waals surface area (Å²) in [6.07, 6.45) is -0.167. The van der Waals surface area contributed by atoms with Crippen LogP contribution in [0.15, 0.2) is 65.1 Å². The van der Waals surface area contributed by atoms with Crippen LogP contribution in [0.3, 0.4) is 0 Å². The maximum absolute atomic E-state index is 10.8. The summed E-state index contributed by atoms with van der Waals surface area (Å²) in [5.41, 5.74) is 2.10. The number of hydrogen-bond acceptors (Lipinski definition) is 3. The van der Waals surface area contributed by atoms with Crippen molar-refractivity contribution in [1.29, 1.82) is 0 Å². The van der Waals surface area contributed by atoms with Crippen LogP contribution in [0.4, 0.5) is 0 Å². The Bertz CT molecular complexity index is 793. The lowest BCUT2D eigenvalue weighted by Gasteiger charge is -2.15. The predicted molar refractivity (Wildman–Crippen MR) is 85.0 cm³/mol. The summed E-state index contributed by atoms with van der Waals surface area (Å²) in [5.74, 6) is 0.727. The SMILES string of the molecule is O=Cc1ccc(-c2cc(Cl)ccc2C(O)c2ccccc2)o1. The summed E-state index contributed by atoms with van der Waals surface area (Å²) in [5, 5.41) is 11.2. The molecular formula is C18H13ClO3. The predicted octanol–water partition coefficient (Wildman–Crippen LogP) is 4.49. The Hall–Kier alpha value is -2.36. The second-order valence-electron chi connectivity index (χ2n) is 4.86. The Kier molecular flexibility index (Phi) is 4.09. The van der Waals surface area contributed by atoms with Crippen LogP contribution in [0, 0.1) is 0 Å². The molecule has 4 heteroatoms. The summed E-state index contributed by atoms with van der Waals surface area (Å²) in [7, 11) is 0. The van der Waals surface area contributed by atoms with Gasteiger partial charge >= 0.3 is 0 Å². The molecule has 0 saturated heterocycles. The number of aliphatic hydroxyl groups excluding tert-OH is 1. The minimum absolute atomic E-state index is 0.232. The van der Waals surface area contributed by atoms with E-state index in [-0.39, 0.29) is 5.76 Å². The van der Waals surface area contributed by atoms with Crippen molar-refractivity contribution < 1.29 is 14.3 Å². The highest BCUT2D eigenvalue weighted by molar-refractivity contribution is 6.30. The number of aldehydes is 1. The lowest BCUT2D eigenvalue weighted by atomic mass is 9.95. The van der Waals surface area contributed by atoms with Crippen LogP contribution in [-0.2, 0) is 0 Å². The van der Waals surface area contributed by atoms with E-state index >= 15 is 0 Å². The van der Waals surface area contributed by atoms with Gasteiger partial charge in [-0.25, -0.2) is 0 Å². The van der Waals surface area contributed by atoms with E-state index in [9.17, 15) is 9.90 Å². The van der Waals surface area contributed by atoms with E-state index in [0.717, 1.165) is 5.56 Å². The second-order valence-corrected chi connectivity index (χ2v) is 5.30. The van der Waals surface area contributed by atoms with Gasteiger partial charge in [-0.1, -0.05) is 48.0 Å². The molecule has 0 saturated carbocycles. The van der Waals surface area contributed by atoms with E-state index < -0.39 is 6.10 Å². The molecule has 0 aliphatic rings. The normalized spacial score (nSPS) is 12.1. The van der Waals surface area contributed by atoms with Crippen molar-refractivity contribution in [1.82, 2.24) is 0 Å². The summed E-state index contributed by atoms with van der Waals surface area (Å²) in [6, 6.07) is 17.8. The molecule has 1 aromatic heterocycles. The molecule has 1 N–H and O–H groups in total. The molecule has 110 valence electrons.